The summed E-state index contributed by atoms with van der Waals surface area (Å²) in [5.41, 5.74) is 0.0729. The summed E-state index contributed by atoms with van der Waals surface area (Å²) < 4.78 is 3.67. The van der Waals surface area contributed by atoms with Crippen molar-refractivity contribution in [1.29, 1.82) is 0 Å². The summed E-state index contributed by atoms with van der Waals surface area (Å²) in [6.45, 7) is 5.52. The average Bonchev–Trinajstić information content (AvgIpc) is 3.03. The molecular weight excluding hydrogens is 365 g/mol. The molecule has 2 heterocycles. The molecule has 0 aliphatic rings. The standard InChI is InChI=1S/C15H15N3O2SSe/c1-15(2,3)17(20)8-10-9-21-14(16-10)18-13(19)11-6-4-5-7-12(11)22-18/h4-9H,1-3H3/b17-8-. The van der Waals surface area contributed by atoms with Crippen LogP contribution in [-0.2, 0) is 0 Å². The summed E-state index contributed by atoms with van der Waals surface area (Å²) in [7, 11) is 0. The van der Waals surface area contributed by atoms with Gasteiger partial charge >= 0.3 is 138 Å². The van der Waals surface area contributed by atoms with E-state index in [2.05, 4.69) is 4.98 Å². The molecule has 3 aromatic rings. The molecule has 0 atom stereocenters. The van der Waals surface area contributed by atoms with Crippen molar-refractivity contribution in [3.63, 3.8) is 0 Å². The van der Waals surface area contributed by atoms with E-state index in [9.17, 15) is 10.0 Å². The average molecular weight is 380 g/mol. The van der Waals surface area contributed by atoms with Gasteiger partial charge in [-0.25, -0.2) is 0 Å². The first kappa shape index (κ1) is 15.2. The predicted octanol–water partition coefficient (Wildman–Crippen LogP) is 2.23. The Morgan fingerprint density at radius 1 is 1.36 bits per heavy atom. The van der Waals surface area contributed by atoms with Crippen molar-refractivity contribution in [2.24, 2.45) is 0 Å². The quantitative estimate of drug-likeness (QED) is 0.225. The van der Waals surface area contributed by atoms with E-state index in [4.69, 9.17) is 0 Å². The van der Waals surface area contributed by atoms with Gasteiger partial charge in [0.25, 0.3) is 0 Å². The Morgan fingerprint density at radius 3 is 2.77 bits per heavy atom. The third-order valence-electron chi connectivity index (χ3n) is 3.09. The molecule has 22 heavy (non-hydrogen) atoms. The summed E-state index contributed by atoms with van der Waals surface area (Å²) >= 11 is 1.29. The molecule has 114 valence electrons. The molecule has 0 fully saturated rings. The molecule has 0 bridgehead atoms. The zero-order chi connectivity index (χ0) is 15.9. The Hall–Kier alpha value is -1.69. The Balaban J connectivity index is 2.03. The third kappa shape index (κ3) is 2.79. The fraction of sp³-hybridized carbons (Fsp3) is 0.267. The van der Waals surface area contributed by atoms with E-state index in [-0.39, 0.29) is 20.3 Å². The van der Waals surface area contributed by atoms with Gasteiger partial charge in [0.15, 0.2) is 0 Å². The molecule has 0 amide bonds. The molecule has 0 spiro atoms. The summed E-state index contributed by atoms with van der Waals surface area (Å²) in [5, 5.41) is 15.2. The van der Waals surface area contributed by atoms with Crippen LogP contribution >= 0.6 is 11.3 Å². The molecule has 1 aromatic carbocycles. The number of hydrogen-bond acceptors (Lipinski definition) is 4. The van der Waals surface area contributed by atoms with Gasteiger partial charge in [-0.05, 0) is 0 Å². The molecule has 2 aromatic heterocycles. The van der Waals surface area contributed by atoms with Gasteiger partial charge < -0.3 is 0 Å². The first-order valence-electron chi connectivity index (χ1n) is 6.74. The third-order valence-corrected chi connectivity index (χ3v) is 6.44. The van der Waals surface area contributed by atoms with Crippen molar-refractivity contribution in [2.45, 2.75) is 26.3 Å². The van der Waals surface area contributed by atoms with Crippen molar-refractivity contribution in [1.82, 2.24) is 8.55 Å². The molecule has 0 saturated carbocycles. The van der Waals surface area contributed by atoms with Crippen molar-refractivity contribution in [3.8, 4) is 5.13 Å². The fourth-order valence-electron chi connectivity index (χ4n) is 1.84. The molecule has 0 aliphatic carbocycles. The SMILES string of the molecule is CC(C)(C)/[N+]([O-])=C/c1csc(-n2[se]c3ccccc3c2=O)n1. The molecule has 0 saturated heterocycles. The number of hydrogen-bond donors (Lipinski definition) is 0. The van der Waals surface area contributed by atoms with Crippen LogP contribution in [0.15, 0.2) is 34.4 Å². The van der Waals surface area contributed by atoms with Crippen LogP contribution in [0, 0.1) is 5.21 Å². The van der Waals surface area contributed by atoms with Gasteiger partial charge in [-0.2, -0.15) is 0 Å². The van der Waals surface area contributed by atoms with E-state index in [0.29, 0.717) is 10.8 Å². The second kappa shape index (κ2) is 5.50. The number of thiazole rings is 1. The van der Waals surface area contributed by atoms with Crippen LogP contribution in [0.5, 0.6) is 0 Å². The maximum absolute atomic E-state index is 12.4. The molecule has 5 nitrogen and oxygen atoms in total. The van der Waals surface area contributed by atoms with E-state index in [1.54, 1.807) is 8.94 Å². The van der Waals surface area contributed by atoms with Crippen molar-refractivity contribution in [2.75, 3.05) is 0 Å². The van der Waals surface area contributed by atoms with Crippen LogP contribution in [0.25, 0.3) is 14.8 Å². The minimum atomic E-state index is -0.507. The maximum atomic E-state index is 12.4. The summed E-state index contributed by atoms with van der Waals surface area (Å²) in [6, 6.07) is 7.64. The molecule has 0 radical (unpaired) electrons. The predicted molar refractivity (Wildman–Crippen MR) is 90.7 cm³/mol. The van der Waals surface area contributed by atoms with E-state index in [1.807, 2.05) is 45.0 Å². The summed E-state index contributed by atoms with van der Waals surface area (Å²) in [5.74, 6) is 0. The Kier molecular flexibility index (Phi) is 3.80. The molecular formula is C15H15N3O2SSe. The van der Waals surface area contributed by atoms with Gasteiger partial charge in [0.2, 0.25) is 0 Å². The Bertz CT molecular complexity index is 915. The van der Waals surface area contributed by atoms with Crippen LogP contribution in [0.4, 0.5) is 0 Å². The van der Waals surface area contributed by atoms with Crippen molar-refractivity contribution >= 4 is 41.9 Å². The molecule has 0 unspecified atom stereocenters. The van der Waals surface area contributed by atoms with E-state index in [0.717, 1.165) is 14.4 Å². The van der Waals surface area contributed by atoms with Crippen molar-refractivity contribution < 1.29 is 4.74 Å². The first-order chi connectivity index (χ1) is 10.4. The van der Waals surface area contributed by atoms with Crippen LogP contribution in [0.2, 0.25) is 0 Å². The van der Waals surface area contributed by atoms with Gasteiger partial charge in [-0.1, -0.05) is 0 Å². The second-order valence-electron chi connectivity index (χ2n) is 5.87. The van der Waals surface area contributed by atoms with Gasteiger partial charge in [0, 0.05) is 0 Å². The molecule has 0 N–H and O–H groups in total. The monoisotopic (exact) mass is 381 g/mol. The number of fused-ring (bicyclic) bond motifs is 1. The van der Waals surface area contributed by atoms with Gasteiger partial charge in [0.1, 0.15) is 0 Å². The molecule has 7 heteroatoms. The second-order valence-corrected chi connectivity index (χ2v) is 8.78. The number of aromatic nitrogens is 2. The van der Waals surface area contributed by atoms with Crippen molar-refractivity contribution in [3.05, 3.63) is 50.9 Å². The van der Waals surface area contributed by atoms with Gasteiger partial charge in [-0.3, -0.25) is 0 Å². The summed E-state index contributed by atoms with van der Waals surface area (Å²) in [4.78, 5) is 16.8. The van der Waals surface area contributed by atoms with Crippen LogP contribution < -0.4 is 5.56 Å². The minimum absolute atomic E-state index is 0.00805. The number of benzene rings is 1. The Morgan fingerprint density at radius 2 is 2.09 bits per heavy atom. The van der Waals surface area contributed by atoms with E-state index in [1.165, 1.54) is 17.6 Å². The normalized spacial score (nSPS) is 13.0. The molecule has 3 rings (SSSR count). The van der Waals surface area contributed by atoms with Crippen LogP contribution in [0.3, 0.4) is 0 Å². The van der Waals surface area contributed by atoms with E-state index < -0.39 is 5.54 Å². The number of rotatable bonds is 2. The van der Waals surface area contributed by atoms with E-state index >= 15 is 0 Å². The summed E-state index contributed by atoms with van der Waals surface area (Å²) in [6.07, 6.45) is 1.47. The zero-order valence-corrected chi connectivity index (χ0v) is 15.0. The fourth-order valence-corrected chi connectivity index (χ4v) is 4.85. The van der Waals surface area contributed by atoms with Crippen LogP contribution in [-0.4, -0.2) is 39.8 Å². The first-order valence-corrected chi connectivity index (χ1v) is 9.25. The van der Waals surface area contributed by atoms with Gasteiger partial charge in [0.05, 0.1) is 0 Å². The molecule has 0 aliphatic heterocycles. The van der Waals surface area contributed by atoms with Crippen LogP contribution in [0.1, 0.15) is 26.5 Å². The zero-order valence-electron chi connectivity index (χ0n) is 12.4. The Labute approximate surface area is 137 Å². The topological polar surface area (TPSA) is 61.0 Å². The number of hydroxylamine groups is 1. The number of nitrogens with zero attached hydrogens (tertiary/aromatic N) is 3. The van der Waals surface area contributed by atoms with Gasteiger partial charge in [-0.15, -0.1) is 0 Å².